The molecule has 88 valence electrons. The number of aryl methyl sites for hydroxylation is 1. The lowest BCUT2D eigenvalue weighted by molar-refractivity contribution is -0.132. The molecule has 0 radical (unpaired) electrons. The molecule has 17 heavy (non-hydrogen) atoms. The molecule has 0 fully saturated rings. The fourth-order valence-corrected chi connectivity index (χ4v) is 1.89. The third-order valence-electron chi connectivity index (χ3n) is 3.09. The van der Waals surface area contributed by atoms with Crippen molar-refractivity contribution in [2.45, 2.75) is 20.0 Å². The number of hydrogen-bond acceptors (Lipinski definition) is 3. The van der Waals surface area contributed by atoms with Crippen LogP contribution in [-0.4, -0.2) is 22.8 Å². The normalized spacial score (nSPS) is 24.8. The number of benzene rings is 1. The zero-order valence-corrected chi connectivity index (χ0v) is 9.81. The molecule has 0 bridgehead atoms. The van der Waals surface area contributed by atoms with Gasteiger partial charge in [0.25, 0.3) is 0 Å². The van der Waals surface area contributed by atoms with E-state index in [9.17, 15) is 14.7 Å². The Kier molecular flexibility index (Phi) is 2.94. The first-order valence-corrected chi connectivity index (χ1v) is 5.55. The highest BCUT2D eigenvalue weighted by molar-refractivity contribution is 6.29. The third-order valence-corrected chi connectivity index (χ3v) is 3.09. The van der Waals surface area contributed by atoms with Crippen LogP contribution < -0.4 is 0 Å². The van der Waals surface area contributed by atoms with Gasteiger partial charge in [0.2, 0.25) is 0 Å². The molecule has 1 aliphatic rings. The first-order chi connectivity index (χ1) is 8.00. The number of aliphatic hydroxyl groups is 1. The summed E-state index contributed by atoms with van der Waals surface area (Å²) in [6.07, 6.45) is 0.0502. The largest absolute Gasteiger partial charge is 0.384 e. The molecule has 3 heteroatoms. The monoisotopic (exact) mass is 230 g/mol. The van der Waals surface area contributed by atoms with E-state index in [-0.39, 0.29) is 5.78 Å². The van der Waals surface area contributed by atoms with Crippen LogP contribution in [-0.2, 0) is 9.59 Å². The van der Waals surface area contributed by atoms with E-state index in [0.717, 1.165) is 11.1 Å². The summed E-state index contributed by atoms with van der Waals surface area (Å²) in [5.41, 5.74) is 2.22. The van der Waals surface area contributed by atoms with Crippen LogP contribution in [0.4, 0.5) is 0 Å². The third kappa shape index (κ3) is 2.06. The Labute approximate surface area is 99.8 Å². The Morgan fingerprint density at radius 3 is 2.29 bits per heavy atom. The van der Waals surface area contributed by atoms with Gasteiger partial charge in [0.05, 0.1) is 5.92 Å². The second kappa shape index (κ2) is 4.26. The summed E-state index contributed by atoms with van der Waals surface area (Å²) in [6, 6.07) is 7.42. The van der Waals surface area contributed by atoms with Crippen LogP contribution in [0.2, 0.25) is 0 Å². The quantitative estimate of drug-likeness (QED) is 0.796. The van der Waals surface area contributed by atoms with E-state index in [1.165, 1.54) is 6.08 Å². The van der Waals surface area contributed by atoms with E-state index in [1.807, 2.05) is 31.2 Å². The number of allylic oxidation sites excluding steroid dienone is 1. The number of carbonyl (C=O) groups excluding carboxylic acids is 2. The van der Waals surface area contributed by atoms with Gasteiger partial charge in [-0.1, -0.05) is 36.8 Å². The van der Waals surface area contributed by atoms with Crippen LogP contribution in [0.3, 0.4) is 0 Å². The minimum atomic E-state index is -1.20. The highest BCUT2D eigenvalue weighted by Crippen LogP contribution is 2.26. The smallest absolute Gasteiger partial charge is 0.185 e. The summed E-state index contributed by atoms with van der Waals surface area (Å²) in [7, 11) is 0. The second-order valence-electron chi connectivity index (χ2n) is 4.42. The molecule has 1 aromatic carbocycles. The maximum Gasteiger partial charge on any atom is 0.185 e. The van der Waals surface area contributed by atoms with E-state index >= 15 is 0 Å². The Balaban J connectivity index is 2.45. The molecule has 0 unspecified atom stereocenters. The van der Waals surface area contributed by atoms with Gasteiger partial charge in [-0.2, -0.15) is 0 Å². The summed E-state index contributed by atoms with van der Waals surface area (Å²) in [5.74, 6) is -1.24. The molecule has 3 nitrogen and oxygen atoms in total. The number of rotatable bonds is 1. The molecule has 1 aromatic rings. The van der Waals surface area contributed by atoms with Crippen molar-refractivity contribution in [3.63, 3.8) is 0 Å². The van der Waals surface area contributed by atoms with Gasteiger partial charge in [-0.3, -0.25) is 9.59 Å². The summed E-state index contributed by atoms with van der Waals surface area (Å²) < 4.78 is 0. The fourth-order valence-electron chi connectivity index (χ4n) is 1.89. The minimum Gasteiger partial charge on any atom is -0.384 e. The van der Waals surface area contributed by atoms with Crippen LogP contribution in [0.15, 0.2) is 30.3 Å². The van der Waals surface area contributed by atoms with Crippen molar-refractivity contribution in [2.24, 2.45) is 5.92 Å². The number of carbonyl (C=O) groups is 2. The molecular formula is C14H14O3. The average molecular weight is 230 g/mol. The Hall–Kier alpha value is -1.74. The van der Waals surface area contributed by atoms with Crippen molar-refractivity contribution in [1.29, 1.82) is 0 Å². The molecule has 0 aromatic heterocycles. The Morgan fingerprint density at radius 2 is 1.71 bits per heavy atom. The lowest BCUT2D eigenvalue weighted by atomic mass is 9.83. The highest BCUT2D eigenvalue weighted by Gasteiger charge is 2.34. The van der Waals surface area contributed by atoms with Gasteiger partial charge in [0.1, 0.15) is 6.10 Å². The summed E-state index contributed by atoms with van der Waals surface area (Å²) in [6.45, 7) is 3.53. The lowest BCUT2D eigenvalue weighted by Gasteiger charge is -2.22. The van der Waals surface area contributed by atoms with E-state index in [4.69, 9.17) is 0 Å². The predicted molar refractivity (Wildman–Crippen MR) is 64.3 cm³/mol. The minimum absolute atomic E-state index is 0.180. The van der Waals surface area contributed by atoms with Gasteiger partial charge in [-0.25, -0.2) is 0 Å². The molecule has 2 rings (SSSR count). The summed E-state index contributed by atoms with van der Waals surface area (Å²) in [5, 5.41) is 9.51. The summed E-state index contributed by atoms with van der Waals surface area (Å²) in [4.78, 5) is 23.5. The second-order valence-corrected chi connectivity index (χ2v) is 4.42. The van der Waals surface area contributed by atoms with Crippen LogP contribution in [0.1, 0.15) is 18.1 Å². The number of ketones is 2. The SMILES string of the molecule is Cc1ccc(C2=CC(=O)[C@H](O)[C@H](C)C2=O)cc1. The van der Waals surface area contributed by atoms with Crippen molar-refractivity contribution in [3.8, 4) is 0 Å². The lowest BCUT2D eigenvalue weighted by Crippen LogP contribution is -2.36. The van der Waals surface area contributed by atoms with Gasteiger partial charge in [0.15, 0.2) is 11.6 Å². The first kappa shape index (κ1) is 11.7. The molecule has 2 atom stereocenters. The van der Waals surface area contributed by atoms with Crippen LogP contribution >= 0.6 is 0 Å². The highest BCUT2D eigenvalue weighted by atomic mass is 16.3. The number of aliphatic hydroxyl groups excluding tert-OH is 1. The van der Waals surface area contributed by atoms with E-state index in [1.54, 1.807) is 6.92 Å². The molecule has 0 saturated heterocycles. The zero-order valence-electron chi connectivity index (χ0n) is 9.81. The summed E-state index contributed by atoms with van der Waals surface area (Å²) >= 11 is 0. The van der Waals surface area contributed by atoms with Crippen molar-refractivity contribution in [2.75, 3.05) is 0 Å². The van der Waals surface area contributed by atoms with Crippen molar-refractivity contribution >= 4 is 17.1 Å². The molecule has 0 saturated carbocycles. The maximum absolute atomic E-state index is 12.0. The van der Waals surface area contributed by atoms with Crippen LogP contribution in [0.5, 0.6) is 0 Å². The molecule has 0 spiro atoms. The first-order valence-electron chi connectivity index (χ1n) is 5.55. The molecule has 1 N–H and O–H groups in total. The predicted octanol–water partition coefficient (Wildman–Crippen LogP) is 1.53. The van der Waals surface area contributed by atoms with Gasteiger partial charge in [-0.05, 0) is 18.6 Å². The molecule has 0 aliphatic heterocycles. The molecule has 0 heterocycles. The standard InChI is InChI=1S/C14H14O3/c1-8-3-5-10(6-4-8)11-7-12(15)14(17)9(2)13(11)16/h3-7,9,14,17H,1-2H3/t9-,14-/m1/s1. The zero-order chi connectivity index (χ0) is 12.6. The molecule has 0 amide bonds. The Bertz CT molecular complexity index is 497. The van der Waals surface area contributed by atoms with Crippen LogP contribution in [0, 0.1) is 12.8 Å². The van der Waals surface area contributed by atoms with Gasteiger partial charge in [0, 0.05) is 5.57 Å². The van der Waals surface area contributed by atoms with Crippen LogP contribution in [0.25, 0.3) is 5.57 Å². The fraction of sp³-hybridized carbons (Fsp3) is 0.286. The average Bonchev–Trinajstić information content (AvgIpc) is 2.32. The van der Waals surface area contributed by atoms with E-state index in [0.29, 0.717) is 5.57 Å². The van der Waals surface area contributed by atoms with E-state index < -0.39 is 17.8 Å². The van der Waals surface area contributed by atoms with Gasteiger partial charge in [-0.15, -0.1) is 0 Å². The van der Waals surface area contributed by atoms with Crippen molar-refractivity contribution < 1.29 is 14.7 Å². The number of hydrogen-bond donors (Lipinski definition) is 1. The van der Waals surface area contributed by atoms with Gasteiger partial charge < -0.3 is 5.11 Å². The maximum atomic E-state index is 12.0. The Morgan fingerprint density at radius 1 is 1.12 bits per heavy atom. The van der Waals surface area contributed by atoms with Crippen molar-refractivity contribution in [1.82, 2.24) is 0 Å². The van der Waals surface area contributed by atoms with Crippen molar-refractivity contribution in [3.05, 3.63) is 41.5 Å². The molecule has 1 aliphatic carbocycles. The molecular weight excluding hydrogens is 216 g/mol. The number of Topliss-reactive ketones (excluding diaryl/α,β-unsaturated/α-hetero) is 1. The van der Waals surface area contributed by atoms with E-state index in [2.05, 4.69) is 0 Å². The topological polar surface area (TPSA) is 54.4 Å². The van der Waals surface area contributed by atoms with Gasteiger partial charge >= 0.3 is 0 Å².